The Hall–Kier alpha value is -2.91. The molecule has 134 valence electrons. The molecule has 0 spiro atoms. The van der Waals surface area contributed by atoms with Crippen molar-refractivity contribution in [3.8, 4) is 0 Å². The van der Waals surface area contributed by atoms with E-state index in [9.17, 15) is 19.2 Å². The van der Waals surface area contributed by atoms with E-state index in [1.807, 2.05) is 0 Å². The molecule has 1 atom stereocenters. The van der Waals surface area contributed by atoms with E-state index in [-0.39, 0.29) is 30.0 Å². The number of fused-ring (bicyclic) bond motifs is 1. The average molecular weight is 349 g/mol. The number of carbonyl (C=O) groups excluding carboxylic acids is 1. The number of aromatic nitrogens is 4. The number of hydrogen-bond donors (Lipinski definition) is 1. The van der Waals surface area contributed by atoms with Crippen LogP contribution in [-0.4, -0.2) is 53.2 Å². The Labute approximate surface area is 141 Å². The molecule has 3 rings (SSSR count). The van der Waals surface area contributed by atoms with Crippen LogP contribution in [0.15, 0.2) is 15.9 Å². The Kier molecular flexibility index (Phi) is 4.19. The van der Waals surface area contributed by atoms with Gasteiger partial charge in [-0.1, -0.05) is 0 Å². The number of amides is 1. The van der Waals surface area contributed by atoms with E-state index in [0.29, 0.717) is 19.4 Å². The lowest BCUT2D eigenvalue weighted by atomic mass is 10.2. The van der Waals surface area contributed by atoms with Gasteiger partial charge in [-0.15, -0.1) is 0 Å². The van der Waals surface area contributed by atoms with Crippen molar-refractivity contribution in [2.24, 2.45) is 14.1 Å². The third-order valence-electron chi connectivity index (χ3n) is 4.64. The summed E-state index contributed by atoms with van der Waals surface area (Å²) in [5.74, 6) is -1.27. The Balaban J connectivity index is 1.85. The van der Waals surface area contributed by atoms with Gasteiger partial charge >= 0.3 is 11.7 Å². The standard InChI is InChI=1S/C15H19N5O5/c1-17-12-11(13(22)18(2)15(17)25)19(8-16-12)7-5-10(21)20-6-3-4-9(20)14(23)24/h8-9H,3-7H2,1-2H3,(H,23,24)/t9-/m1/s1. The Morgan fingerprint density at radius 3 is 2.68 bits per heavy atom. The van der Waals surface area contributed by atoms with E-state index in [1.165, 1.54) is 34.5 Å². The molecule has 3 heterocycles. The van der Waals surface area contributed by atoms with Crippen LogP contribution in [0.5, 0.6) is 0 Å². The summed E-state index contributed by atoms with van der Waals surface area (Å²) in [5.41, 5.74) is -0.452. The fourth-order valence-corrected chi connectivity index (χ4v) is 3.25. The first kappa shape index (κ1) is 16.9. The van der Waals surface area contributed by atoms with E-state index in [2.05, 4.69) is 4.98 Å². The molecule has 10 heteroatoms. The second-order valence-electron chi connectivity index (χ2n) is 6.15. The van der Waals surface area contributed by atoms with Gasteiger partial charge < -0.3 is 14.6 Å². The number of carboxylic acid groups (broad SMARTS) is 1. The van der Waals surface area contributed by atoms with Gasteiger partial charge in [-0.3, -0.25) is 18.7 Å². The minimum atomic E-state index is -0.997. The van der Waals surface area contributed by atoms with Crippen LogP contribution in [0.4, 0.5) is 0 Å². The quantitative estimate of drug-likeness (QED) is 0.748. The van der Waals surface area contributed by atoms with E-state index in [1.54, 1.807) is 0 Å². The highest BCUT2D eigenvalue weighted by Crippen LogP contribution is 2.19. The lowest BCUT2D eigenvalue weighted by molar-refractivity contribution is -0.148. The van der Waals surface area contributed by atoms with Crippen LogP contribution in [-0.2, 0) is 30.2 Å². The van der Waals surface area contributed by atoms with Crippen molar-refractivity contribution in [2.75, 3.05) is 6.54 Å². The molecule has 0 unspecified atom stereocenters. The van der Waals surface area contributed by atoms with Crippen LogP contribution >= 0.6 is 0 Å². The Morgan fingerprint density at radius 2 is 2.00 bits per heavy atom. The molecule has 1 aliphatic rings. The molecule has 2 aromatic rings. The molecule has 25 heavy (non-hydrogen) atoms. The first-order valence-corrected chi connectivity index (χ1v) is 7.96. The molecule has 0 saturated carbocycles. The molecule has 10 nitrogen and oxygen atoms in total. The van der Waals surface area contributed by atoms with Gasteiger partial charge in [0.05, 0.1) is 6.33 Å². The number of hydrogen-bond acceptors (Lipinski definition) is 5. The normalized spacial score (nSPS) is 17.4. The first-order chi connectivity index (χ1) is 11.8. The van der Waals surface area contributed by atoms with Gasteiger partial charge in [0.2, 0.25) is 5.91 Å². The van der Waals surface area contributed by atoms with E-state index in [4.69, 9.17) is 5.11 Å². The first-order valence-electron chi connectivity index (χ1n) is 7.96. The summed E-state index contributed by atoms with van der Waals surface area (Å²) in [6.07, 6.45) is 2.59. The van der Waals surface area contributed by atoms with Crippen LogP contribution in [0.3, 0.4) is 0 Å². The van der Waals surface area contributed by atoms with Crippen molar-refractivity contribution in [1.82, 2.24) is 23.6 Å². The number of carboxylic acids is 1. The summed E-state index contributed by atoms with van der Waals surface area (Å²) in [6.45, 7) is 0.613. The number of imidazole rings is 1. The zero-order valence-electron chi connectivity index (χ0n) is 14.0. The van der Waals surface area contributed by atoms with Crippen molar-refractivity contribution in [3.63, 3.8) is 0 Å². The fraction of sp³-hybridized carbons (Fsp3) is 0.533. The SMILES string of the molecule is Cn1c(=O)c2c(ncn2CCC(=O)N2CCC[C@@H]2C(=O)O)n(C)c1=O. The fourth-order valence-electron chi connectivity index (χ4n) is 3.25. The van der Waals surface area contributed by atoms with Crippen molar-refractivity contribution in [3.05, 3.63) is 27.2 Å². The molecule has 1 fully saturated rings. The average Bonchev–Trinajstić information content (AvgIpc) is 3.22. The van der Waals surface area contributed by atoms with Crippen LogP contribution < -0.4 is 11.2 Å². The predicted octanol–water partition coefficient (Wildman–Crippen LogP) is -1.10. The zero-order valence-corrected chi connectivity index (χ0v) is 14.0. The third-order valence-corrected chi connectivity index (χ3v) is 4.64. The molecule has 2 aromatic heterocycles. The lowest BCUT2D eigenvalue weighted by Gasteiger charge is -2.21. The molecular weight excluding hydrogens is 330 g/mol. The van der Waals surface area contributed by atoms with Gasteiger partial charge in [-0.05, 0) is 12.8 Å². The largest absolute Gasteiger partial charge is 0.480 e. The molecule has 1 N–H and O–H groups in total. The second-order valence-corrected chi connectivity index (χ2v) is 6.15. The van der Waals surface area contributed by atoms with E-state index < -0.39 is 23.3 Å². The van der Waals surface area contributed by atoms with E-state index in [0.717, 1.165) is 4.57 Å². The Bertz CT molecular complexity index is 969. The van der Waals surface area contributed by atoms with Crippen molar-refractivity contribution >= 4 is 23.0 Å². The summed E-state index contributed by atoms with van der Waals surface area (Å²) in [4.78, 5) is 53.3. The molecule has 1 saturated heterocycles. The Morgan fingerprint density at radius 1 is 1.28 bits per heavy atom. The van der Waals surface area contributed by atoms with Gasteiger partial charge in [0, 0.05) is 33.6 Å². The van der Waals surface area contributed by atoms with Crippen LogP contribution in [0.2, 0.25) is 0 Å². The van der Waals surface area contributed by atoms with Crippen LogP contribution in [0.25, 0.3) is 11.2 Å². The number of carbonyl (C=O) groups is 2. The van der Waals surface area contributed by atoms with Gasteiger partial charge in [0.15, 0.2) is 11.2 Å². The molecule has 0 aliphatic carbocycles. The number of likely N-dealkylation sites (tertiary alicyclic amines) is 1. The minimum absolute atomic E-state index is 0.0568. The maximum absolute atomic E-state index is 12.4. The monoisotopic (exact) mass is 349 g/mol. The summed E-state index contributed by atoms with van der Waals surface area (Å²) >= 11 is 0. The highest BCUT2D eigenvalue weighted by molar-refractivity contribution is 5.84. The molecule has 1 aliphatic heterocycles. The molecule has 0 radical (unpaired) electrons. The highest BCUT2D eigenvalue weighted by Gasteiger charge is 2.33. The number of aryl methyl sites for hydroxylation is 2. The zero-order chi connectivity index (χ0) is 18.3. The summed E-state index contributed by atoms with van der Waals surface area (Å²) in [5, 5.41) is 9.16. The van der Waals surface area contributed by atoms with Gasteiger partial charge in [-0.2, -0.15) is 0 Å². The second kappa shape index (κ2) is 6.19. The third kappa shape index (κ3) is 2.73. The van der Waals surface area contributed by atoms with Gasteiger partial charge in [0.1, 0.15) is 6.04 Å². The number of nitrogens with zero attached hydrogens (tertiary/aromatic N) is 5. The summed E-state index contributed by atoms with van der Waals surface area (Å²) < 4.78 is 3.79. The van der Waals surface area contributed by atoms with Gasteiger partial charge in [0.25, 0.3) is 5.56 Å². The maximum atomic E-state index is 12.4. The van der Waals surface area contributed by atoms with E-state index >= 15 is 0 Å². The van der Waals surface area contributed by atoms with Gasteiger partial charge in [-0.25, -0.2) is 14.6 Å². The molecule has 0 aromatic carbocycles. The molecule has 0 bridgehead atoms. The summed E-state index contributed by atoms with van der Waals surface area (Å²) in [6, 6.07) is -0.777. The van der Waals surface area contributed by atoms with Crippen molar-refractivity contribution < 1.29 is 14.7 Å². The molecule has 1 amide bonds. The lowest BCUT2D eigenvalue weighted by Crippen LogP contribution is -2.40. The van der Waals surface area contributed by atoms with Crippen LogP contribution in [0, 0.1) is 0 Å². The number of rotatable bonds is 4. The smallest absolute Gasteiger partial charge is 0.332 e. The minimum Gasteiger partial charge on any atom is -0.480 e. The van der Waals surface area contributed by atoms with Crippen molar-refractivity contribution in [2.45, 2.75) is 31.8 Å². The summed E-state index contributed by atoms with van der Waals surface area (Å²) in [7, 11) is 2.91. The maximum Gasteiger partial charge on any atom is 0.332 e. The molecular formula is C15H19N5O5. The predicted molar refractivity (Wildman–Crippen MR) is 87.2 cm³/mol. The number of aliphatic carboxylic acids is 1. The van der Waals surface area contributed by atoms with Crippen molar-refractivity contribution in [1.29, 1.82) is 0 Å². The van der Waals surface area contributed by atoms with Crippen LogP contribution in [0.1, 0.15) is 19.3 Å². The highest BCUT2D eigenvalue weighted by atomic mass is 16.4. The topological polar surface area (TPSA) is 119 Å².